The van der Waals surface area contributed by atoms with E-state index in [1.807, 2.05) is 48.5 Å². The second kappa shape index (κ2) is 19.4. The van der Waals surface area contributed by atoms with E-state index in [1.54, 1.807) is 30.7 Å². The Bertz CT molecular complexity index is 1560. The van der Waals surface area contributed by atoms with Gasteiger partial charge >= 0.3 is 6.09 Å². The van der Waals surface area contributed by atoms with Crippen LogP contribution in [0, 0.1) is 0 Å². The van der Waals surface area contributed by atoms with E-state index in [-0.39, 0.29) is 49.6 Å². The number of amides is 3. The first-order chi connectivity index (χ1) is 23.8. The van der Waals surface area contributed by atoms with Crippen molar-refractivity contribution in [2.45, 2.75) is 58.2 Å². The Hall–Kier alpha value is -4.66. The highest BCUT2D eigenvalue weighted by Crippen LogP contribution is 2.41. The van der Waals surface area contributed by atoms with E-state index in [4.69, 9.17) is 14.2 Å². The van der Waals surface area contributed by atoms with E-state index in [1.165, 1.54) is 0 Å². The summed E-state index contributed by atoms with van der Waals surface area (Å²) in [5.41, 5.74) is 4.50. The summed E-state index contributed by atoms with van der Waals surface area (Å²) >= 11 is 0. The maximum atomic E-state index is 13.8. The van der Waals surface area contributed by atoms with Gasteiger partial charge in [-0.1, -0.05) is 47.7 Å². The van der Waals surface area contributed by atoms with Gasteiger partial charge in [0.2, 0.25) is 11.8 Å². The summed E-state index contributed by atoms with van der Waals surface area (Å²) in [6.07, 6.45) is 1.73. The van der Waals surface area contributed by atoms with Crippen LogP contribution in [-0.4, -0.2) is 98.4 Å². The Kier molecular flexibility index (Phi) is 14.7. The number of methoxy groups -OCH3 is 1. The SMILES string of the molecule is CNC(CCCCNC(=O)OCCn1nnc2c1-c1ccccc1N(C(=O)CCC(=O)NCCOCCOC)Cc1ccccc1-2)C(C)=O. The molecule has 0 aliphatic carbocycles. The van der Waals surface area contributed by atoms with Crippen molar-refractivity contribution in [3.8, 4) is 22.5 Å². The number of likely N-dealkylation sites (N-methyl/N-ethyl adjacent to an activating group) is 1. The number of rotatable bonds is 19. The molecule has 2 aromatic carbocycles. The summed E-state index contributed by atoms with van der Waals surface area (Å²) in [5.74, 6) is -0.328. The molecule has 3 N–H and O–H groups in total. The van der Waals surface area contributed by atoms with Gasteiger partial charge in [0.05, 0.1) is 50.3 Å². The van der Waals surface area contributed by atoms with Crippen molar-refractivity contribution in [3.05, 3.63) is 54.1 Å². The predicted octanol–water partition coefficient (Wildman–Crippen LogP) is 3.09. The van der Waals surface area contributed by atoms with Crippen LogP contribution < -0.4 is 20.9 Å². The van der Waals surface area contributed by atoms with Gasteiger partial charge in [0, 0.05) is 44.2 Å². The standard InChI is InChI=1S/C35H47N7O7/c1-25(43)29(36-2)13-8-9-17-38-35(46)49-21-19-42-34-28-12-6-7-14-30(28)41(24-26-10-4-5-11-27(26)33(34)39-40-42)32(45)16-15-31(44)37-18-20-48-23-22-47-3/h4-7,10-12,14,29,36H,8-9,13,15-24H2,1-3H3,(H,37,44)(H,38,46). The minimum Gasteiger partial charge on any atom is -0.448 e. The van der Waals surface area contributed by atoms with Gasteiger partial charge in [0.15, 0.2) is 0 Å². The zero-order chi connectivity index (χ0) is 35.0. The predicted molar refractivity (Wildman–Crippen MR) is 184 cm³/mol. The summed E-state index contributed by atoms with van der Waals surface area (Å²) in [6, 6.07) is 15.1. The fraction of sp³-hybridized carbons (Fsp3) is 0.486. The minimum absolute atomic E-state index is 0.0208. The molecule has 0 spiro atoms. The number of anilines is 1. The fourth-order valence-corrected chi connectivity index (χ4v) is 5.64. The molecule has 264 valence electrons. The van der Waals surface area contributed by atoms with E-state index < -0.39 is 6.09 Å². The maximum absolute atomic E-state index is 13.8. The molecular weight excluding hydrogens is 630 g/mol. The molecule has 0 saturated heterocycles. The lowest BCUT2D eigenvalue weighted by Crippen LogP contribution is -2.34. The van der Waals surface area contributed by atoms with Crippen molar-refractivity contribution in [1.29, 1.82) is 0 Å². The zero-order valence-corrected chi connectivity index (χ0v) is 28.5. The lowest BCUT2D eigenvalue weighted by atomic mass is 9.95. The number of alkyl carbamates (subject to hydrolysis) is 1. The summed E-state index contributed by atoms with van der Waals surface area (Å²) < 4.78 is 17.5. The molecule has 2 heterocycles. The number of hydrogen-bond donors (Lipinski definition) is 3. The molecule has 0 bridgehead atoms. The number of carbonyl (C=O) groups is 4. The van der Waals surface area contributed by atoms with E-state index in [0.29, 0.717) is 63.0 Å². The number of nitrogens with zero attached hydrogens (tertiary/aromatic N) is 4. The average molecular weight is 678 g/mol. The third-order valence-electron chi connectivity index (χ3n) is 8.22. The molecule has 0 radical (unpaired) electrons. The highest BCUT2D eigenvalue weighted by atomic mass is 16.5. The Labute approximate surface area is 286 Å². The number of Topliss-reactive ketones (excluding diaryl/α,β-unsaturated/α-hetero) is 1. The van der Waals surface area contributed by atoms with Gasteiger partial charge in [-0.3, -0.25) is 14.4 Å². The van der Waals surface area contributed by atoms with Gasteiger partial charge in [0.1, 0.15) is 18.1 Å². The lowest BCUT2D eigenvalue weighted by Gasteiger charge is -2.28. The first-order valence-electron chi connectivity index (χ1n) is 16.7. The van der Waals surface area contributed by atoms with Gasteiger partial charge in [-0.15, -0.1) is 5.10 Å². The second-order valence-electron chi connectivity index (χ2n) is 11.6. The molecule has 49 heavy (non-hydrogen) atoms. The first-order valence-corrected chi connectivity index (χ1v) is 16.7. The molecule has 14 nitrogen and oxygen atoms in total. The number of fused-ring (bicyclic) bond motifs is 5. The Balaban J connectivity index is 1.42. The van der Waals surface area contributed by atoms with Crippen molar-refractivity contribution in [1.82, 2.24) is 30.9 Å². The monoisotopic (exact) mass is 677 g/mol. The number of ketones is 1. The lowest BCUT2D eigenvalue weighted by molar-refractivity contribution is -0.125. The minimum atomic E-state index is -0.537. The fourth-order valence-electron chi connectivity index (χ4n) is 5.64. The number of hydrogen-bond acceptors (Lipinski definition) is 10. The van der Waals surface area contributed by atoms with Crippen molar-refractivity contribution >= 4 is 29.4 Å². The normalized spacial score (nSPS) is 12.5. The van der Waals surface area contributed by atoms with Crippen LogP contribution in [0.25, 0.3) is 22.5 Å². The van der Waals surface area contributed by atoms with Crippen molar-refractivity contribution in [2.24, 2.45) is 0 Å². The molecule has 1 atom stereocenters. The molecule has 0 fully saturated rings. The number of benzene rings is 2. The molecule has 0 saturated carbocycles. The third-order valence-corrected chi connectivity index (χ3v) is 8.22. The summed E-state index contributed by atoms with van der Waals surface area (Å²) in [4.78, 5) is 51.9. The highest BCUT2D eigenvalue weighted by molar-refractivity contribution is 6.01. The molecule has 1 aromatic heterocycles. The van der Waals surface area contributed by atoms with Gasteiger partial charge in [0.25, 0.3) is 0 Å². The van der Waals surface area contributed by atoms with E-state index in [2.05, 4.69) is 26.3 Å². The van der Waals surface area contributed by atoms with Crippen molar-refractivity contribution in [2.75, 3.05) is 58.6 Å². The Morgan fingerprint density at radius 1 is 0.898 bits per heavy atom. The summed E-state index contributed by atoms with van der Waals surface area (Å²) in [7, 11) is 3.36. The molecule has 3 aromatic rings. The zero-order valence-electron chi connectivity index (χ0n) is 28.5. The van der Waals surface area contributed by atoms with E-state index >= 15 is 0 Å². The van der Waals surface area contributed by atoms with Crippen LogP contribution in [0.1, 0.15) is 44.6 Å². The third kappa shape index (κ3) is 10.7. The molecule has 4 rings (SSSR count). The van der Waals surface area contributed by atoms with Crippen LogP contribution in [0.5, 0.6) is 0 Å². The van der Waals surface area contributed by atoms with Crippen LogP contribution in [0.4, 0.5) is 10.5 Å². The molecular formula is C35H47N7O7. The Morgan fingerprint density at radius 2 is 1.67 bits per heavy atom. The van der Waals surface area contributed by atoms with E-state index in [9.17, 15) is 19.2 Å². The van der Waals surface area contributed by atoms with Crippen LogP contribution in [-0.2, 0) is 41.7 Å². The van der Waals surface area contributed by atoms with Crippen LogP contribution in [0.15, 0.2) is 48.5 Å². The van der Waals surface area contributed by atoms with Gasteiger partial charge in [-0.25, -0.2) is 9.48 Å². The van der Waals surface area contributed by atoms with Gasteiger partial charge in [-0.2, -0.15) is 0 Å². The summed E-state index contributed by atoms with van der Waals surface area (Å²) in [5, 5.41) is 17.5. The Morgan fingerprint density at radius 3 is 2.45 bits per heavy atom. The van der Waals surface area contributed by atoms with Gasteiger partial charge < -0.3 is 35.1 Å². The summed E-state index contributed by atoms with van der Waals surface area (Å²) in [6.45, 7) is 4.21. The number of carbonyl (C=O) groups excluding carboxylic acids is 4. The van der Waals surface area contributed by atoms with Gasteiger partial charge in [-0.05, 0) is 44.9 Å². The highest BCUT2D eigenvalue weighted by Gasteiger charge is 2.29. The molecule has 1 unspecified atom stereocenters. The molecule has 1 aliphatic rings. The molecule has 1 aliphatic heterocycles. The van der Waals surface area contributed by atoms with E-state index in [0.717, 1.165) is 29.5 Å². The number of ether oxygens (including phenoxy) is 3. The number of unbranched alkanes of at least 4 members (excludes halogenated alkanes) is 1. The number of para-hydroxylation sites is 1. The number of aromatic nitrogens is 3. The number of nitrogens with one attached hydrogen (secondary N) is 3. The first kappa shape index (κ1) is 37.2. The van der Waals surface area contributed by atoms with Crippen molar-refractivity contribution in [3.63, 3.8) is 0 Å². The molecule has 14 heteroatoms. The smallest absolute Gasteiger partial charge is 0.407 e. The molecule has 3 amide bonds. The maximum Gasteiger partial charge on any atom is 0.407 e. The second-order valence-corrected chi connectivity index (χ2v) is 11.6. The largest absolute Gasteiger partial charge is 0.448 e. The van der Waals surface area contributed by atoms with Crippen LogP contribution >= 0.6 is 0 Å². The van der Waals surface area contributed by atoms with Crippen molar-refractivity contribution < 1.29 is 33.4 Å². The van der Waals surface area contributed by atoms with Crippen LogP contribution in [0.2, 0.25) is 0 Å². The quantitative estimate of drug-likeness (QED) is 0.161. The van der Waals surface area contributed by atoms with Crippen LogP contribution in [0.3, 0.4) is 0 Å². The average Bonchev–Trinajstić information content (AvgIpc) is 3.51. The topological polar surface area (TPSA) is 166 Å².